The van der Waals surface area contributed by atoms with Crippen LogP contribution in [0.2, 0.25) is 0 Å². The number of hydrogen-bond acceptors (Lipinski definition) is 1. The van der Waals surface area contributed by atoms with E-state index < -0.39 is 46.4 Å². The van der Waals surface area contributed by atoms with Crippen molar-refractivity contribution in [2.45, 2.75) is 25.9 Å². The third-order valence-corrected chi connectivity index (χ3v) is 2.26. The molecule has 0 bridgehead atoms. The number of anilines is 1. The standard InChI is InChI=1S/C10H9F6N/c1-3(2)4-6(11)5(10(14,15)16)7(12)8(13)9(4)17/h3H,17H2,1-2H3. The van der Waals surface area contributed by atoms with E-state index in [9.17, 15) is 26.3 Å². The lowest BCUT2D eigenvalue weighted by atomic mass is 9.96. The number of rotatable bonds is 1. The second-order valence-electron chi connectivity index (χ2n) is 3.80. The maximum atomic E-state index is 13.5. The molecule has 0 aromatic heterocycles. The van der Waals surface area contributed by atoms with Crippen molar-refractivity contribution in [2.75, 3.05) is 5.73 Å². The first-order valence-corrected chi connectivity index (χ1v) is 4.62. The van der Waals surface area contributed by atoms with Crippen molar-refractivity contribution in [1.29, 1.82) is 0 Å². The fourth-order valence-electron chi connectivity index (χ4n) is 1.51. The van der Waals surface area contributed by atoms with Crippen molar-refractivity contribution < 1.29 is 26.3 Å². The van der Waals surface area contributed by atoms with Gasteiger partial charge < -0.3 is 5.73 Å². The van der Waals surface area contributed by atoms with Crippen LogP contribution in [-0.2, 0) is 6.18 Å². The largest absolute Gasteiger partial charge is 0.422 e. The second kappa shape index (κ2) is 4.12. The van der Waals surface area contributed by atoms with Crippen LogP contribution in [0.4, 0.5) is 32.0 Å². The molecule has 0 heterocycles. The Hall–Kier alpha value is -1.40. The molecular weight excluding hydrogens is 248 g/mol. The first kappa shape index (κ1) is 13.7. The van der Waals surface area contributed by atoms with Crippen LogP contribution in [0.3, 0.4) is 0 Å². The van der Waals surface area contributed by atoms with Gasteiger partial charge in [-0.15, -0.1) is 0 Å². The van der Waals surface area contributed by atoms with Gasteiger partial charge in [0, 0.05) is 5.56 Å². The van der Waals surface area contributed by atoms with E-state index in [1.165, 1.54) is 13.8 Å². The Morgan fingerprint density at radius 2 is 1.41 bits per heavy atom. The van der Waals surface area contributed by atoms with E-state index in [-0.39, 0.29) is 0 Å². The smallest absolute Gasteiger partial charge is 0.396 e. The zero-order chi connectivity index (χ0) is 13.5. The number of nitrogens with two attached hydrogens (primary N) is 1. The van der Waals surface area contributed by atoms with E-state index in [0.717, 1.165) is 0 Å². The van der Waals surface area contributed by atoms with Gasteiger partial charge in [0.15, 0.2) is 11.6 Å². The van der Waals surface area contributed by atoms with Crippen LogP contribution >= 0.6 is 0 Å². The number of nitrogen functional groups attached to an aromatic ring is 1. The molecule has 0 amide bonds. The van der Waals surface area contributed by atoms with Crippen LogP contribution in [0, 0.1) is 17.5 Å². The average Bonchev–Trinajstić information content (AvgIpc) is 2.11. The summed E-state index contributed by atoms with van der Waals surface area (Å²) < 4.78 is 76.8. The lowest BCUT2D eigenvalue weighted by Gasteiger charge is -2.17. The van der Waals surface area contributed by atoms with Gasteiger partial charge in [-0.1, -0.05) is 13.8 Å². The van der Waals surface area contributed by atoms with Crippen molar-refractivity contribution in [3.05, 3.63) is 28.6 Å². The summed E-state index contributed by atoms with van der Waals surface area (Å²) in [6.07, 6.45) is -5.31. The minimum absolute atomic E-state index is 0.670. The molecular formula is C10H9F6N. The van der Waals surface area contributed by atoms with Crippen LogP contribution in [0.5, 0.6) is 0 Å². The topological polar surface area (TPSA) is 26.0 Å². The van der Waals surface area contributed by atoms with Gasteiger partial charge in [-0.05, 0) is 5.92 Å². The Kier molecular flexibility index (Phi) is 3.31. The van der Waals surface area contributed by atoms with Crippen LogP contribution in [0.15, 0.2) is 0 Å². The van der Waals surface area contributed by atoms with Crippen molar-refractivity contribution in [2.24, 2.45) is 0 Å². The van der Waals surface area contributed by atoms with E-state index in [0.29, 0.717) is 0 Å². The molecule has 0 unspecified atom stereocenters. The van der Waals surface area contributed by atoms with Crippen LogP contribution in [0.25, 0.3) is 0 Å². The molecule has 0 spiro atoms. The molecule has 2 N–H and O–H groups in total. The van der Waals surface area contributed by atoms with Gasteiger partial charge in [0.2, 0.25) is 0 Å². The predicted octanol–water partition coefficient (Wildman–Crippen LogP) is 3.83. The molecule has 1 aromatic carbocycles. The summed E-state index contributed by atoms with van der Waals surface area (Å²) in [4.78, 5) is 0. The zero-order valence-electron chi connectivity index (χ0n) is 8.92. The van der Waals surface area contributed by atoms with Gasteiger partial charge in [0.05, 0.1) is 5.69 Å². The average molecular weight is 257 g/mol. The van der Waals surface area contributed by atoms with Crippen molar-refractivity contribution in [3.63, 3.8) is 0 Å². The maximum Gasteiger partial charge on any atom is 0.422 e. The van der Waals surface area contributed by atoms with Crippen LogP contribution in [-0.4, -0.2) is 0 Å². The highest BCUT2D eigenvalue weighted by Gasteiger charge is 2.41. The van der Waals surface area contributed by atoms with Crippen molar-refractivity contribution in [1.82, 2.24) is 0 Å². The first-order valence-electron chi connectivity index (χ1n) is 4.62. The van der Waals surface area contributed by atoms with Crippen molar-refractivity contribution >= 4 is 5.69 Å². The normalized spacial score (nSPS) is 12.3. The molecule has 0 aliphatic carbocycles. The van der Waals surface area contributed by atoms with E-state index in [2.05, 4.69) is 0 Å². The third-order valence-electron chi connectivity index (χ3n) is 2.26. The molecule has 0 atom stereocenters. The summed E-state index contributed by atoms with van der Waals surface area (Å²) in [5.41, 5.74) is 1.23. The quantitative estimate of drug-likeness (QED) is 0.462. The molecule has 7 heteroatoms. The molecule has 1 rings (SSSR count). The van der Waals surface area contributed by atoms with E-state index in [1.54, 1.807) is 0 Å². The highest BCUT2D eigenvalue weighted by molar-refractivity contribution is 5.53. The predicted molar refractivity (Wildman–Crippen MR) is 49.8 cm³/mol. The van der Waals surface area contributed by atoms with E-state index >= 15 is 0 Å². The summed E-state index contributed by atoms with van der Waals surface area (Å²) >= 11 is 0. The van der Waals surface area contributed by atoms with Gasteiger partial charge in [0.25, 0.3) is 0 Å². The minimum atomic E-state index is -5.31. The Bertz CT molecular complexity index is 449. The van der Waals surface area contributed by atoms with Crippen LogP contribution < -0.4 is 5.73 Å². The summed E-state index contributed by atoms with van der Waals surface area (Å²) in [7, 11) is 0. The minimum Gasteiger partial charge on any atom is -0.396 e. The Balaban J connectivity index is 3.75. The first-order chi connectivity index (χ1) is 7.59. The highest BCUT2D eigenvalue weighted by atomic mass is 19.4. The van der Waals surface area contributed by atoms with Gasteiger partial charge in [-0.2, -0.15) is 13.2 Å². The fourth-order valence-corrected chi connectivity index (χ4v) is 1.51. The van der Waals surface area contributed by atoms with Gasteiger partial charge in [0.1, 0.15) is 11.4 Å². The second-order valence-corrected chi connectivity index (χ2v) is 3.80. The molecule has 0 radical (unpaired) electrons. The van der Waals surface area contributed by atoms with Crippen molar-refractivity contribution in [3.8, 4) is 0 Å². The molecule has 17 heavy (non-hydrogen) atoms. The number of alkyl halides is 3. The molecule has 0 aliphatic rings. The van der Waals surface area contributed by atoms with Gasteiger partial charge in [-0.25, -0.2) is 13.2 Å². The maximum absolute atomic E-state index is 13.5. The van der Waals surface area contributed by atoms with E-state index in [1.807, 2.05) is 0 Å². The lowest BCUT2D eigenvalue weighted by molar-refractivity contribution is -0.142. The molecule has 0 saturated carbocycles. The number of benzene rings is 1. The highest BCUT2D eigenvalue weighted by Crippen LogP contribution is 2.40. The fraction of sp³-hybridized carbons (Fsp3) is 0.400. The Morgan fingerprint density at radius 1 is 0.941 bits per heavy atom. The molecule has 0 fully saturated rings. The third kappa shape index (κ3) is 2.18. The summed E-state index contributed by atoms with van der Waals surface area (Å²) in [6, 6.07) is 0. The molecule has 0 aliphatic heterocycles. The van der Waals surface area contributed by atoms with Gasteiger partial charge >= 0.3 is 6.18 Å². The molecule has 96 valence electrons. The summed E-state index contributed by atoms with van der Waals surface area (Å²) in [5.74, 6) is -6.84. The zero-order valence-corrected chi connectivity index (χ0v) is 8.92. The molecule has 1 nitrogen and oxygen atoms in total. The lowest BCUT2D eigenvalue weighted by Crippen LogP contribution is -2.17. The molecule has 0 saturated heterocycles. The SMILES string of the molecule is CC(C)c1c(N)c(F)c(F)c(C(F)(F)F)c1F. The van der Waals surface area contributed by atoms with Gasteiger partial charge in [-0.3, -0.25) is 0 Å². The van der Waals surface area contributed by atoms with E-state index in [4.69, 9.17) is 5.73 Å². The monoisotopic (exact) mass is 257 g/mol. The Morgan fingerprint density at radius 3 is 1.76 bits per heavy atom. The Labute approximate surface area is 93.2 Å². The summed E-state index contributed by atoms with van der Waals surface area (Å²) in [6.45, 7) is 2.65. The van der Waals surface area contributed by atoms with Crippen LogP contribution in [0.1, 0.15) is 30.9 Å². The number of hydrogen-bond donors (Lipinski definition) is 1. The molecule has 1 aromatic rings. The summed E-state index contributed by atoms with van der Waals surface area (Å²) in [5, 5.41) is 0. The number of halogens is 6.